The summed E-state index contributed by atoms with van der Waals surface area (Å²) in [7, 11) is 0. The Morgan fingerprint density at radius 2 is 2.21 bits per heavy atom. The van der Waals surface area contributed by atoms with E-state index in [0.29, 0.717) is 0 Å². The van der Waals surface area contributed by atoms with Crippen LogP contribution in [0.1, 0.15) is 12.0 Å². The second-order valence-corrected chi connectivity index (χ2v) is 4.43. The number of halogens is 1. The fraction of sp³-hybridized carbons (Fsp3) is 0.364. The van der Waals surface area contributed by atoms with Crippen molar-refractivity contribution < 1.29 is 4.79 Å². The molecular weight excluding hydrogens is 242 g/mol. The lowest BCUT2D eigenvalue weighted by Crippen LogP contribution is -2.20. The van der Waals surface area contributed by atoms with Crippen molar-refractivity contribution in [1.29, 1.82) is 0 Å². The first-order chi connectivity index (χ1) is 6.77. The van der Waals surface area contributed by atoms with Crippen molar-refractivity contribution in [3.63, 3.8) is 0 Å². The summed E-state index contributed by atoms with van der Waals surface area (Å²) in [6, 6.07) is 8.08. The van der Waals surface area contributed by atoms with E-state index in [1.807, 2.05) is 18.2 Å². The molecule has 2 rings (SSSR count). The van der Waals surface area contributed by atoms with Gasteiger partial charge in [-0.15, -0.1) is 0 Å². The van der Waals surface area contributed by atoms with Gasteiger partial charge in [-0.25, -0.2) is 0 Å². The molecule has 1 fully saturated rings. The van der Waals surface area contributed by atoms with Crippen molar-refractivity contribution in [2.45, 2.75) is 12.8 Å². The summed E-state index contributed by atoms with van der Waals surface area (Å²) in [4.78, 5) is 11.4. The van der Waals surface area contributed by atoms with Crippen molar-refractivity contribution in [1.82, 2.24) is 5.32 Å². The maximum Gasteiger partial charge on any atom is 0.223 e. The maximum absolute atomic E-state index is 11.4. The van der Waals surface area contributed by atoms with Crippen LogP contribution in [-0.2, 0) is 11.2 Å². The maximum atomic E-state index is 11.4. The normalized spacial score (nSPS) is 20.9. The van der Waals surface area contributed by atoms with Crippen molar-refractivity contribution in [3.8, 4) is 0 Å². The quantitative estimate of drug-likeness (QED) is 0.860. The van der Waals surface area contributed by atoms with Crippen molar-refractivity contribution in [2.75, 3.05) is 6.54 Å². The second-order valence-electron chi connectivity index (χ2n) is 3.57. The van der Waals surface area contributed by atoms with E-state index >= 15 is 0 Å². The summed E-state index contributed by atoms with van der Waals surface area (Å²) in [5.41, 5.74) is 1.22. The lowest BCUT2D eigenvalue weighted by molar-refractivity contribution is -0.122. The van der Waals surface area contributed by atoms with E-state index in [0.717, 1.165) is 23.9 Å². The van der Waals surface area contributed by atoms with E-state index < -0.39 is 0 Å². The summed E-state index contributed by atoms with van der Waals surface area (Å²) in [6.07, 6.45) is 1.80. The largest absolute Gasteiger partial charge is 0.356 e. The molecule has 1 heterocycles. The number of nitrogens with one attached hydrogen (secondary N) is 1. The van der Waals surface area contributed by atoms with E-state index in [9.17, 15) is 4.79 Å². The molecule has 0 radical (unpaired) electrons. The monoisotopic (exact) mass is 253 g/mol. The molecule has 1 aromatic rings. The van der Waals surface area contributed by atoms with Crippen LogP contribution in [-0.4, -0.2) is 12.5 Å². The number of amides is 1. The van der Waals surface area contributed by atoms with Gasteiger partial charge >= 0.3 is 0 Å². The molecular formula is C11H12BrNO. The van der Waals surface area contributed by atoms with Gasteiger partial charge in [0.05, 0.1) is 0 Å². The molecule has 0 aromatic heterocycles. The predicted molar refractivity (Wildman–Crippen MR) is 59.0 cm³/mol. The lowest BCUT2D eigenvalue weighted by Gasteiger charge is -2.08. The van der Waals surface area contributed by atoms with Gasteiger partial charge in [-0.05, 0) is 24.5 Å². The standard InChI is InChI=1S/C11H12BrNO/c12-10-4-2-1-3-8(10)7-9-5-6-13-11(9)14/h1-4,9H,5-7H2,(H,13,14). The van der Waals surface area contributed by atoms with Gasteiger partial charge in [0.2, 0.25) is 5.91 Å². The molecule has 2 nitrogen and oxygen atoms in total. The van der Waals surface area contributed by atoms with Crippen molar-refractivity contribution in [2.24, 2.45) is 5.92 Å². The number of hydrogen-bond acceptors (Lipinski definition) is 1. The van der Waals surface area contributed by atoms with Gasteiger partial charge < -0.3 is 5.32 Å². The molecule has 1 unspecified atom stereocenters. The van der Waals surface area contributed by atoms with Gasteiger partial charge in [-0.2, -0.15) is 0 Å². The van der Waals surface area contributed by atoms with Gasteiger partial charge in [0.15, 0.2) is 0 Å². The first kappa shape index (κ1) is 9.71. The second kappa shape index (κ2) is 4.13. The molecule has 0 spiro atoms. The van der Waals surface area contributed by atoms with Crippen LogP contribution in [0.4, 0.5) is 0 Å². The first-order valence-corrected chi connectivity index (χ1v) is 5.58. The smallest absolute Gasteiger partial charge is 0.223 e. The highest BCUT2D eigenvalue weighted by molar-refractivity contribution is 9.10. The molecule has 1 saturated heterocycles. The Kier molecular flexibility index (Phi) is 2.87. The van der Waals surface area contributed by atoms with Gasteiger partial charge in [-0.3, -0.25) is 4.79 Å². The first-order valence-electron chi connectivity index (χ1n) is 4.78. The van der Waals surface area contributed by atoms with Crippen LogP contribution in [0.3, 0.4) is 0 Å². The zero-order chi connectivity index (χ0) is 9.97. The number of carbonyl (C=O) groups is 1. The van der Waals surface area contributed by atoms with Crippen LogP contribution >= 0.6 is 15.9 Å². The third kappa shape index (κ3) is 1.98. The summed E-state index contributed by atoms with van der Waals surface area (Å²) >= 11 is 3.49. The molecule has 1 aliphatic heterocycles. The molecule has 0 saturated carbocycles. The highest BCUT2D eigenvalue weighted by Crippen LogP contribution is 2.22. The summed E-state index contributed by atoms with van der Waals surface area (Å²) < 4.78 is 1.10. The third-order valence-electron chi connectivity index (χ3n) is 2.59. The number of benzene rings is 1. The van der Waals surface area contributed by atoms with Crippen LogP contribution in [0.15, 0.2) is 28.7 Å². The highest BCUT2D eigenvalue weighted by atomic mass is 79.9. The van der Waals surface area contributed by atoms with Crippen LogP contribution in [0.2, 0.25) is 0 Å². The van der Waals surface area contributed by atoms with Crippen molar-refractivity contribution >= 4 is 21.8 Å². The van der Waals surface area contributed by atoms with Crippen LogP contribution in [0, 0.1) is 5.92 Å². The van der Waals surface area contributed by atoms with E-state index in [2.05, 4.69) is 27.3 Å². The van der Waals surface area contributed by atoms with Gasteiger partial charge in [-0.1, -0.05) is 34.1 Å². The Morgan fingerprint density at radius 1 is 1.43 bits per heavy atom. The molecule has 1 aromatic carbocycles. The minimum atomic E-state index is 0.161. The molecule has 1 aliphatic rings. The average molecular weight is 254 g/mol. The fourth-order valence-corrected chi connectivity index (χ4v) is 2.22. The Bertz CT molecular complexity index is 351. The average Bonchev–Trinajstić information content (AvgIpc) is 2.56. The number of rotatable bonds is 2. The molecule has 1 amide bonds. The highest BCUT2D eigenvalue weighted by Gasteiger charge is 2.24. The van der Waals surface area contributed by atoms with E-state index in [1.54, 1.807) is 0 Å². The Morgan fingerprint density at radius 3 is 2.86 bits per heavy atom. The van der Waals surface area contributed by atoms with Gasteiger partial charge in [0.1, 0.15) is 0 Å². The molecule has 0 bridgehead atoms. The molecule has 3 heteroatoms. The Hall–Kier alpha value is -0.830. The Balaban J connectivity index is 2.10. The predicted octanol–water partition coefficient (Wildman–Crippen LogP) is 2.13. The zero-order valence-electron chi connectivity index (χ0n) is 7.79. The van der Waals surface area contributed by atoms with Crippen LogP contribution in [0.25, 0.3) is 0 Å². The zero-order valence-corrected chi connectivity index (χ0v) is 9.38. The fourth-order valence-electron chi connectivity index (χ4n) is 1.77. The van der Waals surface area contributed by atoms with E-state index in [4.69, 9.17) is 0 Å². The van der Waals surface area contributed by atoms with Crippen LogP contribution < -0.4 is 5.32 Å². The lowest BCUT2D eigenvalue weighted by atomic mass is 9.98. The Labute approximate surface area is 91.8 Å². The van der Waals surface area contributed by atoms with E-state index in [1.165, 1.54) is 5.56 Å². The summed E-state index contributed by atoms with van der Waals surface area (Å²) in [6.45, 7) is 0.827. The van der Waals surface area contributed by atoms with E-state index in [-0.39, 0.29) is 11.8 Å². The topological polar surface area (TPSA) is 29.1 Å². The third-order valence-corrected chi connectivity index (χ3v) is 3.36. The molecule has 1 atom stereocenters. The van der Waals surface area contributed by atoms with Crippen LogP contribution in [0.5, 0.6) is 0 Å². The molecule has 74 valence electrons. The van der Waals surface area contributed by atoms with Gasteiger partial charge in [0.25, 0.3) is 0 Å². The van der Waals surface area contributed by atoms with Crippen molar-refractivity contribution in [3.05, 3.63) is 34.3 Å². The molecule has 1 N–H and O–H groups in total. The molecule has 14 heavy (non-hydrogen) atoms. The minimum Gasteiger partial charge on any atom is -0.356 e. The van der Waals surface area contributed by atoms with Gasteiger partial charge in [0, 0.05) is 16.9 Å². The number of carbonyl (C=O) groups excluding carboxylic acids is 1. The number of hydrogen-bond donors (Lipinski definition) is 1. The SMILES string of the molecule is O=C1NCCC1Cc1ccccc1Br. The summed E-state index contributed by atoms with van der Waals surface area (Å²) in [5.74, 6) is 0.356. The summed E-state index contributed by atoms with van der Waals surface area (Å²) in [5, 5.41) is 2.86. The molecule has 0 aliphatic carbocycles. The minimum absolute atomic E-state index is 0.161.